The Hall–Kier alpha value is -1.93. The third-order valence-electron chi connectivity index (χ3n) is 3.49. The molecule has 96 valence electrons. The van der Waals surface area contributed by atoms with Crippen molar-refractivity contribution in [1.29, 1.82) is 0 Å². The van der Waals surface area contributed by atoms with E-state index in [1.54, 1.807) is 0 Å². The van der Waals surface area contributed by atoms with Crippen molar-refractivity contribution in [3.05, 3.63) is 60.4 Å². The van der Waals surface area contributed by atoms with E-state index < -0.39 is 0 Å². The zero-order valence-corrected chi connectivity index (χ0v) is 10.9. The molecule has 0 spiro atoms. The van der Waals surface area contributed by atoms with Crippen LogP contribution < -0.4 is 5.32 Å². The quantitative estimate of drug-likeness (QED) is 0.901. The van der Waals surface area contributed by atoms with Gasteiger partial charge in [0.05, 0.1) is 0 Å². The van der Waals surface area contributed by atoms with Crippen molar-refractivity contribution < 1.29 is 0 Å². The van der Waals surface area contributed by atoms with Gasteiger partial charge >= 0.3 is 0 Å². The fourth-order valence-corrected chi connectivity index (χ4v) is 2.44. The molecule has 2 nitrogen and oxygen atoms in total. The van der Waals surface area contributed by atoms with Gasteiger partial charge in [-0.2, -0.15) is 0 Å². The molecule has 0 amide bonds. The van der Waals surface area contributed by atoms with Gasteiger partial charge in [0.15, 0.2) is 0 Å². The maximum absolute atomic E-state index is 4.33. The lowest BCUT2D eigenvalue weighted by atomic mass is 10.1. The van der Waals surface area contributed by atoms with E-state index in [1.807, 2.05) is 18.5 Å². The van der Waals surface area contributed by atoms with E-state index >= 15 is 0 Å². The van der Waals surface area contributed by atoms with Crippen molar-refractivity contribution >= 4 is 6.08 Å². The van der Waals surface area contributed by atoms with E-state index in [0.29, 0.717) is 6.04 Å². The van der Waals surface area contributed by atoms with Crippen LogP contribution in [0.2, 0.25) is 0 Å². The Morgan fingerprint density at radius 1 is 1.11 bits per heavy atom. The van der Waals surface area contributed by atoms with Crippen LogP contribution in [-0.2, 0) is 0 Å². The number of aromatic nitrogens is 1. The molecular formula is C17H18N2. The van der Waals surface area contributed by atoms with E-state index in [4.69, 9.17) is 0 Å². The summed E-state index contributed by atoms with van der Waals surface area (Å²) in [5.41, 5.74) is 3.54. The highest BCUT2D eigenvalue weighted by Gasteiger charge is 2.09. The van der Waals surface area contributed by atoms with Gasteiger partial charge in [0.1, 0.15) is 0 Å². The maximum Gasteiger partial charge on any atom is 0.0346 e. The molecule has 2 heteroatoms. The molecule has 1 saturated heterocycles. The highest BCUT2D eigenvalue weighted by molar-refractivity contribution is 5.66. The number of nitrogens with one attached hydrogen (secondary N) is 1. The van der Waals surface area contributed by atoms with Crippen LogP contribution in [0.25, 0.3) is 17.2 Å². The van der Waals surface area contributed by atoms with Crippen molar-refractivity contribution in [1.82, 2.24) is 10.3 Å². The minimum atomic E-state index is 0.528. The molecule has 1 N–H and O–H groups in total. The summed E-state index contributed by atoms with van der Waals surface area (Å²) in [5.74, 6) is 0. The van der Waals surface area contributed by atoms with E-state index in [2.05, 4.69) is 52.8 Å². The Morgan fingerprint density at radius 2 is 2.00 bits per heavy atom. The minimum Gasteiger partial charge on any atom is -0.311 e. The van der Waals surface area contributed by atoms with Gasteiger partial charge in [-0.05, 0) is 36.6 Å². The molecule has 2 heterocycles. The maximum atomic E-state index is 4.33. The number of pyridine rings is 1. The van der Waals surface area contributed by atoms with E-state index in [1.165, 1.54) is 24.0 Å². The van der Waals surface area contributed by atoms with Crippen LogP contribution in [-0.4, -0.2) is 17.6 Å². The fourth-order valence-electron chi connectivity index (χ4n) is 2.44. The summed E-state index contributed by atoms with van der Waals surface area (Å²) < 4.78 is 0. The number of rotatable bonds is 3. The average Bonchev–Trinajstić information content (AvgIpc) is 3.00. The van der Waals surface area contributed by atoms with Crippen molar-refractivity contribution in [3.63, 3.8) is 0 Å². The topological polar surface area (TPSA) is 24.9 Å². The molecular weight excluding hydrogens is 232 g/mol. The molecule has 0 bridgehead atoms. The zero-order chi connectivity index (χ0) is 12.9. The van der Waals surface area contributed by atoms with Crippen LogP contribution in [0.4, 0.5) is 0 Å². The normalized spacial score (nSPS) is 19.1. The predicted molar refractivity (Wildman–Crippen MR) is 79.7 cm³/mol. The van der Waals surface area contributed by atoms with Crippen molar-refractivity contribution in [2.75, 3.05) is 6.54 Å². The molecule has 0 aliphatic carbocycles. The first-order valence-corrected chi connectivity index (χ1v) is 6.84. The Labute approximate surface area is 114 Å². The molecule has 19 heavy (non-hydrogen) atoms. The molecule has 1 fully saturated rings. The Bertz CT molecular complexity index is 554. The molecule has 1 aromatic heterocycles. The summed E-state index contributed by atoms with van der Waals surface area (Å²) >= 11 is 0. The van der Waals surface area contributed by atoms with Crippen molar-refractivity contribution in [2.45, 2.75) is 18.9 Å². The predicted octanol–water partition coefficient (Wildman–Crippen LogP) is 3.51. The molecule has 1 atom stereocenters. The van der Waals surface area contributed by atoms with Gasteiger partial charge in [0.25, 0.3) is 0 Å². The van der Waals surface area contributed by atoms with Gasteiger partial charge in [-0.25, -0.2) is 0 Å². The number of benzene rings is 1. The largest absolute Gasteiger partial charge is 0.311 e. The zero-order valence-electron chi connectivity index (χ0n) is 10.9. The number of nitrogens with zero attached hydrogens (tertiary/aromatic N) is 1. The number of hydrogen-bond acceptors (Lipinski definition) is 2. The van der Waals surface area contributed by atoms with Crippen LogP contribution in [0, 0.1) is 0 Å². The van der Waals surface area contributed by atoms with Gasteiger partial charge in [-0.15, -0.1) is 0 Å². The van der Waals surface area contributed by atoms with Gasteiger partial charge in [0.2, 0.25) is 0 Å². The Kier molecular flexibility index (Phi) is 3.70. The van der Waals surface area contributed by atoms with Crippen LogP contribution in [0.3, 0.4) is 0 Å². The van der Waals surface area contributed by atoms with Gasteiger partial charge < -0.3 is 5.32 Å². The first-order valence-electron chi connectivity index (χ1n) is 6.84. The molecule has 2 aromatic rings. The summed E-state index contributed by atoms with van der Waals surface area (Å²) in [4.78, 5) is 4.33. The van der Waals surface area contributed by atoms with Crippen LogP contribution in [0.5, 0.6) is 0 Å². The second-order valence-electron chi connectivity index (χ2n) is 4.93. The summed E-state index contributed by atoms with van der Waals surface area (Å²) in [7, 11) is 0. The molecule has 0 unspecified atom stereocenters. The van der Waals surface area contributed by atoms with Gasteiger partial charge in [-0.1, -0.05) is 42.5 Å². The summed E-state index contributed by atoms with van der Waals surface area (Å²) in [6.07, 6.45) is 10.8. The Morgan fingerprint density at radius 3 is 2.79 bits per heavy atom. The average molecular weight is 250 g/mol. The molecule has 3 rings (SSSR count). The first-order chi connectivity index (χ1) is 9.42. The second kappa shape index (κ2) is 5.81. The summed E-state index contributed by atoms with van der Waals surface area (Å²) in [5, 5.41) is 3.47. The lowest BCUT2D eigenvalue weighted by Gasteiger charge is -2.04. The highest BCUT2D eigenvalue weighted by Crippen LogP contribution is 2.19. The van der Waals surface area contributed by atoms with E-state index in [-0.39, 0.29) is 0 Å². The molecule has 1 aromatic carbocycles. The standard InChI is InChI=1S/C17H18N2/c1-2-5-15(6-3-1)16-11-14(12-18-13-16)8-9-17-7-4-10-19-17/h1-3,5-6,8-9,11-13,17,19H,4,7,10H2/t17-/m0/s1. The van der Waals surface area contributed by atoms with Crippen LogP contribution in [0.1, 0.15) is 18.4 Å². The molecule has 0 saturated carbocycles. The second-order valence-corrected chi connectivity index (χ2v) is 4.93. The number of hydrogen-bond donors (Lipinski definition) is 1. The molecule has 0 radical (unpaired) electrons. The third kappa shape index (κ3) is 3.09. The molecule has 1 aliphatic rings. The summed E-state index contributed by atoms with van der Waals surface area (Å²) in [6, 6.07) is 13.1. The smallest absolute Gasteiger partial charge is 0.0346 e. The lowest BCUT2D eigenvalue weighted by Crippen LogP contribution is -2.17. The van der Waals surface area contributed by atoms with Crippen LogP contribution in [0.15, 0.2) is 54.9 Å². The minimum absolute atomic E-state index is 0.528. The highest BCUT2D eigenvalue weighted by atomic mass is 14.9. The fraction of sp³-hybridized carbons (Fsp3) is 0.235. The van der Waals surface area contributed by atoms with Gasteiger partial charge in [0, 0.05) is 24.0 Å². The molecule has 1 aliphatic heterocycles. The van der Waals surface area contributed by atoms with Crippen LogP contribution >= 0.6 is 0 Å². The summed E-state index contributed by atoms with van der Waals surface area (Å²) in [6.45, 7) is 1.14. The van der Waals surface area contributed by atoms with E-state index in [9.17, 15) is 0 Å². The Balaban J connectivity index is 1.80. The monoisotopic (exact) mass is 250 g/mol. The third-order valence-corrected chi connectivity index (χ3v) is 3.49. The van der Waals surface area contributed by atoms with Crippen molar-refractivity contribution in [2.24, 2.45) is 0 Å². The SMILES string of the molecule is C(=C[C@@H]1CCCN1)c1cncc(-c2ccccc2)c1. The van der Waals surface area contributed by atoms with E-state index in [0.717, 1.165) is 12.1 Å². The first kappa shape index (κ1) is 12.1. The lowest BCUT2D eigenvalue weighted by molar-refractivity contribution is 0.730. The van der Waals surface area contributed by atoms with Crippen molar-refractivity contribution in [3.8, 4) is 11.1 Å². The van der Waals surface area contributed by atoms with Gasteiger partial charge in [-0.3, -0.25) is 4.98 Å².